The molecule has 2 nitrogen and oxygen atoms in total. The van der Waals surface area contributed by atoms with Crippen LogP contribution in [-0.2, 0) is 4.43 Å². The van der Waals surface area contributed by atoms with E-state index in [4.69, 9.17) is 4.43 Å². The van der Waals surface area contributed by atoms with Gasteiger partial charge in [0.2, 0.25) is 0 Å². The fraction of sp³-hybridized carbons (Fsp3) is 1.00. The number of rotatable bonds is 6. The van der Waals surface area contributed by atoms with E-state index in [2.05, 4.69) is 47.7 Å². The van der Waals surface area contributed by atoms with Crippen LogP contribution in [0.5, 0.6) is 0 Å². The smallest absolute Gasteiger partial charge is 0.192 e. The molecule has 3 heteroatoms. The van der Waals surface area contributed by atoms with E-state index in [9.17, 15) is 5.11 Å². The maximum atomic E-state index is 9.45. The fourth-order valence-corrected chi connectivity index (χ4v) is 2.51. The van der Waals surface area contributed by atoms with Gasteiger partial charge in [0.25, 0.3) is 0 Å². The van der Waals surface area contributed by atoms with Gasteiger partial charge in [0.15, 0.2) is 8.32 Å². The number of hydrogen-bond acceptors (Lipinski definition) is 2. The van der Waals surface area contributed by atoms with Crippen LogP contribution in [-0.4, -0.2) is 26.6 Å². The second kappa shape index (κ2) is 5.65. The van der Waals surface area contributed by atoms with Gasteiger partial charge in [-0.25, -0.2) is 0 Å². The minimum Gasteiger partial charge on any atom is -0.416 e. The summed E-state index contributed by atoms with van der Waals surface area (Å²) in [5.41, 5.74) is -0.0652. The number of aliphatic hydroxyl groups is 1. The monoisotopic (exact) mass is 246 g/mol. The Balaban J connectivity index is 4.42. The van der Waals surface area contributed by atoms with Crippen LogP contribution < -0.4 is 0 Å². The lowest BCUT2D eigenvalue weighted by Crippen LogP contribution is -2.44. The van der Waals surface area contributed by atoms with Crippen LogP contribution in [0.2, 0.25) is 18.1 Å². The van der Waals surface area contributed by atoms with Crippen LogP contribution in [0.3, 0.4) is 0 Å². The predicted molar refractivity (Wildman–Crippen MR) is 73.2 cm³/mol. The molecule has 1 unspecified atom stereocenters. The van der Waals surface area contributed by atoms with Crippen molar-refractivity contribution >= 4 is 8.32 Å². The van der Waals surface area contributed by atoms with E-state index in [1.807, 2.05) is 0 Å². The maximum absolute atomic E-state index is 9.45. The molecule has 1 atom stereocenters. The van der Waals surface area contributed by atoms with Gasteiger partial charge in [-0.3, -0.25) is 0 Å². The molecule has 0 rings (SSSR count). The number of aliphatic hydroxyl groups excluding tert-OH is 1. The van der Waals surface area contributed by atoms with Crippen LogP contribution in [0.25, 0.3) is 0 Å². The predicted octanol–water partition coefficient (Wildman–Crippen LogP) is 3.81. The Labute approximate surface area is 103 Å². The highest BCUT2D eigenvalue weighted by atomic mass is 28.4. The third-order valence-electron chi connectivity index (χ3n) is 3.82. The van der Waals surface area contributed by atoms with Gasteiger partial charge in [0.1, 0.15) is 0 Å². The molecule has 16 heavy (non-hydrogen) atoms. The van der Waals surface area contributed by atoms with Gasteiger partial charge < -0.3 is 9.53 Å². The van der Waals surface area contributed by atoms with Gasteiger partial charge in [0, 0.05) is 12.0 Å². The lowest BCUT2D eigenvalue weighted by molar-refractivity contribution is 0.0670. The molecular formula is C13H30O2Si. The molecule has 0 amide bonds. The summed E-state index contributed by atoms with van der Waals surface area (Å²) in [6.07, 6.45) is 2.12. The van der Waals surface area contributed by atoms with E-state index in [1.54, 1.807) is 0 Å². The second-order valence-corrected chi connectivity index (χ2v) is 11.6. The number of hydrogen-bond donors (Lipinski definition) is 1. The molecule has 1 N–H and O–H groups in total. The highest BCUT2D eigenvalue weighted by molar-refractivity contribution is 6.74. The zero-order valence-electron chi connectivity index (χ0n) is 12.2. The molecule has 0 radical (unpaired) electrons. The van der Waals surface area contributed by atoms with E-state index >= 15 is 0 Å². The summed E-state index contributed by atoms with van der Waals surface area (Å²) in [4.78, 5) is 0. The summed E-state index contributed by atoms with van der Waals surface area (Å²) in [5.74, 6) is 0. The Morgan fingerprint density at radius 2 is 1.62 bits per heavy atom. The maximum Gasteiger partial charge on any atom is 0.192 e. The van der Waals surface area contributed by atoms with E-state index < -0.39 is 8.32 Å². The third kappa shape index (κ3) is 4.56. The van der Waals surface area contributed by atoms with Crippen molar-refractivity contribution in [1.29, 1.82) is 0 Å². The molecule has 0 aliphatic rings. The zero-order chi connectivity index (χ0) is 13.0. The van der Waals surface area contributed by atoms with Gasteiger partial charge in [-0.1, -0.05) is 41.0 Å². The van der Waals surface area contributed by atoms with Gasteiger partial charge in [-0.05, 0) is 24.6 Å². The molecule has 0 heterocycles. The normalized spacial score (nSPS) is 17.2. The highest BCUT2D eigenvalue weighted by Crippen LogP contribution is 2.38. The van der Waals surface area contributed by atoms with Crippen LogP contribution in [0.15, 0.2) is 0 Å². The molecule has 0 fully saturated rings. The quantitative estimate of drug-likeness (QED) is 0.722. The van der Waals surface area contributed by atoms with Crippen molar-refractivity contribution in [2.75, 3.05) is 13.2 Å². The molecule has 0 saturated carbocycles. The molecule has 0 saturated heterocycles. The summed E-state index contributed by atoms with van der Waals surface area (Å²) < 4.78 is 6.18. The summed E-state index contributed by atoms with van der Waals surface area (Å²) in [6, 6.07) is 0. The molecule has 98 valence electrons. The summed E-state index contributed by atoms with van der Waals surface area (Å²) >= 11 is 0. The lowest BCUT2D eigenvalue weighted by Gasteiger charge is -2.39. The van der Waals surface area contributed by atoms with Gasteiger partial charge in [0.05, 0.1) is 6.61 Å². The van der Waals surface area contributed by atoms with Crippen molar-refractivity contribution in [2.45, 2.75) is 65.6 Å². The zero-order valence-corrected chi connectivity index (χ0v) is 13.2. The van der Waals surface area contributed by atoms with E-state index in [0.29, 0.717) is 6.61 Å². The Bertz CT molecular complexity index is 208. The molecule has 0 aromatic rings. The van der Waals surface area contributed by atoms with Crippen LogP contribution >= 0.6 is 0 Å². The first-order valence-electron chi connectivity index (χ1n) is 6.33. The lowest BCUT2D eigenvalue weighted by atomic mass is 9.88. The minimum atomic E-state index is -1.67. The van der Waals surface area contributed by atoms with Crippen LogP contribution in [0.1, 0.15) is 47.5 Å². The van der Waals surface area contributed by atoms with Crippen molar-refractivity contribution in [3.8, 4) is 0 Å². The minimum absolute atomic E-state index is 0.0652. The van der Waals surface area contributed by atoms with Crippen molar-refractivity contribution in [3.63, 3.8) is 0 Å². The molecule has 0 spiro atoms. The van der Waals surface area contributed by atoms with Gasteiger partial charge in [-0.15, -0.1) is 0 Å². The first kappa shape index (κ1) is 16.1. The first-order valence-corrected chi connectivity index (χ1v) is 9.24. The molecule has 0 bridgehead atoms. The van der Waals surface area contributed by atoms with Gasteiger partial charge in [-0.2, -0.15) is 0 Å². The van der Waals surface area contributed by atoms with E-state index in [-0.39, 0.29) is 17.1 Å². The second-order valence-electron chi connectivity index (χ2n) is 6.77. The van der Waals surface area contributed by atoms with Crippen molar-refractivity contribution in [2.24, 2.45) is 5.41 Å². The van der Waals surface area contributed by atoms with Gasteiger partial charge >= 0.3 is 0 Å². The van der Waals surface area contributed by atoms with Crippen molar-refractivity contribution < 1.29 is 9.53 Å². The molecule has 0 aromatic heterocycles. The average molecular weight is 246 g/mol. The average Bonchev–Trinajstić information content (AvgIpc) is 2.14. The molecule has 0 aliphatic heterocycles. The Kier molecular flexibility index (Phi) is 5.70. The van der Waals surface area contributed by atoms with Crippen molar-refractivity contribution in [1.82, 2.24) is 0 Å². The topological polar surface area (TPSA) is 29.5 Å². The molecule has 0 aliphatic carbocycles. The largest absolute Gasteiger partial charge is 0.416 e. The molecule has 0 aromatic carbocycles. The van der Waals surface area contributed by atoms with E-state index in [0.717, 1.165) is 12.8 Å². The fourth-order valence-electron chi connectivity index (χ4n) is 1.37. The third-order valence-corrected chi connectivity index (χ3v) is 8.30. The Hall–Kier alpha value is 0.137. The Morgan fingerprint density at radius 1 is 1.12 bits per heavy atom. The first-order chi connectivity index (χ1) is 7.08. The summed E-state index contributed by atoms with van der Waals surface area (Å²) in [5, 5.41) is 9.70. The van der Waals surface area contributed by atoms with E-state index in [1.165, 1.54) is 0 Å². The Morgan fingerprint density at radius 3 is 1.94 bits per heavy atom. The summed E-state index contributed by atoms with van der Waals surface area (Å²) in [7, 11) is -1.67. The standard InChI is InChI=1S/C13H30O2Si/c1-8-9-13(5,10-14)11-15-16(6,7)12(2,3)4/h14H,8-11H2,1-7H3. The summed E-state index contributed by atoms with van der Waals surface area (Å²) in [6.45, 7) is 16.4. The van der Waals surface area contributed by atoms with Crippen LogP contribution in [0, 0.1) is 5.41 Å². The van der Waals surface area contributed by atoms with Crippen LogP contribution in [0.4, 0.5) is 0 Å². The van der Waals surface area contributed by atoms with Crippen molar-refractivity contribution in [3.05, 3.63) is 0 Å². The SMILES string of the molecule is CCCC(C)(CO)CO[Si](C)(C)C(C)(C)C. The highest BCUT2D eigenvalue weighted by Gasteiger charge is 2.38. The molecular weight excluding hydrogens is 216 g/mol.